The third-order valence-corrected chi connectivity index (χ3v) is 3.14. The molecule has 0 amide bonds. The van der Waals surface area contributed by atoms with Crippen LogP contribution in [0.3, 0.4) is 0 Å². The Labute approximate surface area is 129 Å². The number of hydrogen-bond acceptors (Lipinski definition) is 6. The molecule has 0 saturated heterocycles. The van der Waals surface area contributed by atoms with E-state index in [2.05, 4.69) is 31.2 Å². The fourth-order valence-corrected chi connectivity index (χ4v) is 2.00. The molecular weight excluding hydrogens is 340 g/mol. The summed E-state index contributed by atoms with van der Waals surface area (Å²) in [4.78, 5) is 18.5. The molecule has 1 N–H and O–H groups in total. The lowest BCUT2D eigenvalue weighted by Crippen LogP contribution is -2.11. The molecule has 7 nitrogen and oxygen atoms in total. The lowest BCUT2D eigenvalue weighted by Gasteiger charge is -2.12. The van der Waals surface area contributed by atoms with Gasteiger partial charge in [-0.25, -0.2) is 4.98 Å². The number of anilines is 2. The summed E-state index contributed by atoms with van der Waals surface area (Å²) < 4.78 is 6.14. The van der Waals surface area contributed by atoms with Crippen LogP contribution in [0.5, 0.6) is 5.88 Å². The molecule has 0 fully saturated rings. The van der Waals surface area contributed by atoms with Crippen molar-refractivity contribution in [2.24, 2.45) is 0 Å². The second-order valence-electron chi connectivity index (χ2n) is 4.40. The van der Waals surface area contributed by atoms with Crippen LogP contribution in [0.4, 0.5) is 17.2 Å². The molecule has 2 rings (SSSR count). The lowest BCUT2D eigenvalue weighted by atomic mass is 10.3. The summed E-state index contributed by atoms with van der Waals surface area (Å²) in [6, 6.07) is 7.25. The van der Waals surface area contributed by atoms with E-state index >= 15 is 0 Å². The van der Waals surface area contributed by atoms with Gasteiger partial charge in [0.1, 0.15) is 6.33 Å². The van der Waals surface area contributed by atoms with E-state index in [9.17, 15) is 10.1 Å². The first-order valence-corrected chi connectivity index (χ1v) is 6.96. The molecule has 0 saturated carbocycles. The van der Waals surface area contributed by atoms with Crippen LogP contribution in [0.2, 0.25) is 0 Å². The molecule has 8 heteroatoms. The van der Waals surface area contributed by atoms with Crippen LogP contribution in [0, 0.1) is 10.1 Å². The molecule has 1 aromatic heterocycles. The number of nitrogens with one attached hydrogen (secondary N) is 1. The highest BCUT2D eigenvalue weighted by molar-refractivity contribution is 9.10. The van der Waals surface area contributed by atoms with Crippen molar-refractivity contribution in [3.8, 4) is 5.88 Å². The minimum Gasteiger partial charge on any atom is -0.470 e. The first kappa shape index (κ1) is 15.2. The second-order valence-corrected chi connectivity index (χ2v) is 5.26. The molecule has 0 unspecified atom stereocenters. The molecule has 21 heavy (non-hydrogen) atoms. The molecule has 0 radical (unpaired) electrons. The van der Waals surface area contributed by atoms with E-state index in [1.54, 1.807) is 19.9 Å². The third kappa shape index (κ3) is 3.66. The number of nitrogens with zero attached hydrogens (tertiary/aromatic N) is 3. The molecule has 0 aliphatic carbocycles. The number of ether oxygens (including phenoxy) is 1. The molecule has 1 heterocycles. The predicted molar refractivity (Wildman–Crippen MR) is 81.9 cm³/mol. The zero-order chi connectivity index (χ0) is 15.4. The number of rotatable bonds is 5. The van der Waals surface area contributed by atoms with Gasteiger partial charge in [0.15, 0.2) is 0 Å². The van der Waals surface area contributed by atoms with Gasteiger partial charge in [-0.1, -0.05) is 12.1 Å². The molecule has 110 valence electrons. The van der Waals surface area contributed by atoms with Gasteiger partial charge in [-0.05, 0) is 41.9 Å². The second kappa shape index (κ2) is 6.49. The van der Waals surface area contributed by atoms with Crippen LogP contribution in [-0.4, -0.2) is 21.0 Å². The molecule has 0 aliphatic rings. The standard InChI is InChI=1S/C13H13BrN4O3/c1-8(2)21-13-11(18(19)20)12(15-7-16-13)17-10-6-4-3-5-9(10)14/h3-8H,1-2H3,(H,15,16,17). The molecular formula is C13H13BrN4O3. The Morgan fingerprint density at radius 3 is 2.67 bits per heavy atom. The molecule has 0 aliphatic heterocycles. The fourth-order valence-electron chi connectivity index (χ4n) is 1.62. The normalized spacial score (nSPS) is 10.5. The van der Waals surface area contributed by atoms with Crippen LogP contribution >= 0.6 is 15.9 Å². The van der Waals surface area contributed by atoms with E-state index in [0.29, 0.717) is 5.69 Å². The summed E-state index contributed by atoms with van der Waals surface area (Å²) in [5.74, 6) is 0.0251. The highest BCUT2D eigenvalue weighted by atomic mass is 79.9. The van der Waals surface area contributed by atoms with Gasteiger partial charge in [0.2, 0.25) is 5.82 Å². The van der Waals surface area contributed by atoms with E-state index in [-0.39, 0.29) is 23.5 Å². The first-order chi connectivity index (χ1) is 9.99. The Morgan fingerprint density at radius 1 is 1.33 bits per heavy atom. The van der Waals surface area contributed by atoms with Crippen molar-refractivity contribution in [2.75, 3.05) is 5.32 Å². The van der Waals surface area contributed by atoms with E-state index in [4.69, 9.17) is 4.74 Å². The van der Waals surface area contributed by atoms with Gasteiger partial charge in [-0.3, -0.25) is 10.1 Å². The topological polar surface area (TPSA) is 90.2 Å². The smallest absolute Gasteiger partial charge is 0.373 e. The molecule has 2 aromatic rings. The van der Waals surface area contributed by atoms with Crippen LogP contribution in [0.15, 0.2) is 35.1 Å². The van der Waals surface area contributed by atoms with Gasteiger partial charge in [-0.2, -0.15) is 4.98 Å². The zero-order valence-corrected chi connectivity index (χ0v) is 13.0. The van der Waals surface area contributed by atoms with Crippen molar-refractivity contribution >= 4 is 33.1 Å². The molecule has 0 atom stereocenters. The van der Waals surface area contributed by atoms with Crippen LogP contribution in [-0.2, 0) is 0 Å². The maximum Gasteiger partial charge on any atom is 0.373 e. The van der Waals surface area contributed by atoms with Crippen LogP contribution in [0.1, 0.15) is 13.8 Å². The number of halogens is 1. The van der Waals surface area contributed by atoms with Gasteiger partial charge in [-0.15, -0.1) is 0 Å². The van der Waals surface area contributed by atoms with Crippen LogP contribution < -0.4 is 10.1 Å². The lowest BCUT2D eigenvalue weighted by molar-refractivity contribution is -0.385. The summed E-state index contributed by atoms with van der Waals surface area (Å²) >= 11 is 3.37. The van der Waals surface area contributed by atoms with Crippen LogP contribution in [0.25, 0.3) is 0 Å². The quantitative estimate of drug-likeness (QED) is 0.651. The summed E-state index contributed by atoms with van der Waals surface area (Å²) in [6.45, 7) is 3.54. The molecule has 1 aromatic carbocycles. The Hall–Kier alpha value is -2.22. The van der Waals surface area contributed by atoms with E-state index in [1.807, 2.05) is 18.2 Å². The summed E-state index contributed by atoms with van der Waals surface area (Å²) in [5.41, 5.74) is 0.372. The number of hydrogen-bond donors (Lipinski definition) is 1. The predicted octanol–water partition coefficient (Wildman–Crippen LogP) is 3.68. The summed E-state index contributed by atoms with van der Waals surface area (Å²) in [6.07, 6.45) is 0.999. The monoisotopic (exact) mass is 352 g/mol. The van der Waals surface area contributed by atoms with Crippen molar-refractivity contribution in [3.63, 3.8) is 0 Å². The van der Waals surface area contributed by atoms with Gasteiger partial charge in [0.05, 0.1) is 16.7 Å². The van der Waals surface area contributed by atoms with Gasteiger partial charge in [0, 0.05) is 4.47 Å². The first-order valence-electron chi connectivity index (χ1n) is 6.16. The SMILES string of the molecule is CC(C)Oc1ncnc(Nc2ccccc2Br)c1[N+](=O)[O-]. The number of nitro groups is 1. The maximum atomic E-state index is 11.3. The molecule has 0 spiro atoms. The van der Waals surface area contributed by atoms with E-state index in [1.165, 1.54) is 6.33 Å². The Morgan fingerprint density at radius 2 is 2.05 bits per heavy atom. The van der Waals surface area contributed by atoms with Gasteiger partial charge in [0.25, 0.3) is 5.88 Å². The highest BCUT2D eigenvalue weighted by Gasteiger charge is 2.25. The zero-order valence-electron chi connectivity index (χ0n) is 11.4. The van der Waals surface area contributed by atoms with Gasteiger partial charge >= 0.3 is 5.69 Å². The average Bonchev–Trinajstić information content (AvgIpc) is 2.40. The Bertz CT molecular complexity index is 664. The maximum absolute atomic E-state index is 11.3. The van der Waals surface area contributed by atoms with Gasteiger partial charge < -0.3 is 10.1 Å². The number of para-hydroxylation sites is 1. The number of benzene rings is 1. The van der Waals surface area contributed by atoms with E-state index < -0.39 is 4.92 Å². The van der Waals surface area contributed by atoms with Crippen molar-refractivity contribution in [1.82, 2.24) is 9.97 Å². The third-order valence-electron chi connectivity index (χ3n) is 2.45. The van der Waals surface area contributed by atoms with Crippen molar-refractivity contribution in [2.45, 2.75) is 20.0 Å². The van der Waals surface area contributed by atoms with Crippen molar-refractivity contribution in [1.29, 1.82) is 0 Å². The fraction of sp³-hybridized carbons (Fsp3) is 0.231. The minimum absolute atomic E-state index is 0.0560. The van der Waals surface area contributed by atoms with Crippen molar-refractivity contribution in [3.05, 3.63) is 45.2 Å². The Balaban J connectivity index is 2.44. The highest BCUT2D eigenvalue weighted by Crippen LogP contribution is 2.34. The summed E-state index contributed by atoms with van der Waals surface area (Å²) in [7, 11) is 0. The number of aromatic nitrogens is 2. The molecule has 0 bridgehead atoms. The largest absolute Gasteiger partial charge is 0.470 e. The summed E-state index contributed by atoms with van der Waals surface area (Å²) in [5, 5.41) is 14.2. The Kier molecular flexibility index (Phi) is 4.69. The minimum atomic E-state index is -0.559. The van der Waals surface area contributed by atoms with E-state index in [0.717, 1.165) is 4.47 Å². The average molecular weight is 353 g/mol. The van der Waals surface area contributed by atoms with Crippen molar-refractivity contribution < 1.29 is 9.66 Å².